The first-order valence-electron chi connectivity index (χ1n) is 9.50. The number of hydrogen-bond acceptors (Lipinski definition) is 3. The number of unbranched alkanes of at least 4 members (excludes halogenated alkanes) is 11. The minimum absolute atomic E-state index is 0.869. The van der Waals surface area contributed by atoms with E-state index in [1.165, 1.54) is 70.6 Å². The highest BCUT2D eigenvalue weighted by Crippen LogP contribution is 2.11. The van der Waals surface area contributed by atoms with Crippen LogP contribution in [0.4, 0.5) is 0 Å². The number of hydrogen-bond donors (Lipinski definition) is 2. The van der Waals surface area contributed by atoms with E-state index in [0.29, 0.717) is 0 Å². The van der Waals surface area contributed by atoms with E-state index in [9.17, 15) is 0 Å². The third kappa shape index (κ3) is 21.1. The molecule has 0 saturated carbocycles. The van der Waals surface area contributed by atoms with Crippen molar-refractivity contribution in [3.05, 3.63) is 36.4 Å². The van der Waals surface area contributed by atoms with Gasteiger partial charge in [0.15, 0.2) is 0 Å². The zero-order chi connectivity index (χ0) is 16.8. The van der Waals surface area contributed by atoms with Crippen LogP contribution in [0.3, 0.4) is 0 Å². The van der Waals surface area contributed by atoms with Crippen LogP contribution < -0.4 is 11.4 Å². The van der Waals surface area contributed by atoms with E-state index in [-0.39, 0.29) is 0 Å². The Labute approximate surface area is 143 Å². The zero-order valence-corrected chi connectivity index (χ0v) is 15.1. The highest BCUT2D eigenvalue weighted by Gasteiger charge is 1.93. The molecule has 0 aliphatic heterocycles. The van der Waals surface area contributed by atoms with Gasteiger partial charge in [-0.25, -0.2) is 4.94 Å². The highest BCUT2D eigenvalue weighted by atomic mass is 16.8. The number of nitrogens with two attached hydrogens (primary N) is 1. The second-order valence-corrected chi connectivity index (χ2v) is 6.06. The monoisotopic (exact) mass is 322 g/mol. The predicted molar refractivity (Wildman–Crippen MR) is 101 cm³/mol. The third-order valence-corrected chi connectivity index (χ3v) is 3.88. The van der Waals surface area contributed by atoms with E-state index in [2.05, 4.69) is 17.3 Å². The van der Waals surface area contributed by atoms with Crippen molar-refractivity contribution >= 4 is 0 Å². The van der Waals surface area contributed by atoms with Gasteiger partial charge < -0.3 is 0 Å². The molecule has 0 aliphatic carbocycles. The first-order valence-corrected chi connectivity index (χ1v) is 9.50. The summed E-state index contributed by atoms with van der Waals surface area (Å²) < 4.78 is 0. The van der Waals surface area contributed by atoms with Crippen LogP contribution in [0.5, 0.6) is 0 Å². The number of nitrogens with one attached hydrogen (secondary N) is 1. The molecule has 0 saturated heterocycles. The summed E-state index contributed by atoms with van der Waals surface area (Å²) in [6, 6.07) is 12.0. The topological polar surface area (TPSA) is 47.3 Å². The first-order chi connectivity index (χ1) is 11.4. The molecule has 3 heteroatoms. The molecule has 3 nitrogen and oxygen atoms in total. The van der Waals surface area contributed by atoms with E-state index in [4.69, 9.17) is 5.90 Å². The van der Waals surface area contributed by atoms with Gasteiger partial charge in [0, 0.05) is 6.54 Å². The lowest BCUT2D eigenvalue weighted by atomic mass is 10.1. The molecule has 1 aromatic rings. The van der Waals surface area contributed by atoms with Crippen LogP contribution in [-0.4, -0.2) is 6.54 Å². The van der Waals surface area contributed by atoms with Gasteiger partial charge in [0.1, 0.15) is 0 Å². The van der Waals surface area contributed by atoms with Crippen molar-refractivity contribution in [2.75, 3.05) is 6.54 Å². The molecule has 0 fully saturated rings. The van der Waals surface area contributed by atoms with E-state index >= 15 is 0 Å². The van der Waals surface area contributed by atoms with Gasteiger partial charge in [0.05, 0.1) is 0 Å². The molecule has 0 spiro atoms. The molecule has 0 aromatic heterocycles. The maximum Gasteiger partial charge on any atom is 0.0228 e. The minimum atomic E-state index is 0.869. The molecule has 23 heavy (non-hydrogen) atoms. The van der Waals surface area contributed by atoms with Crippen LogP contribution >= 0.6 is 0 Å². The molecule has 134 valence electrons. The van der Waals surface area contributed by atoms with Gasteiger partial charge in [-0.3, -0.25) is 0 Å². The Morgan fingerprint density at radius 3 is 1.30 bits per heavy atom. The molecular formula is C20H38N2O. The summed E-state index contributed by atoms with van der Waals surface area (Å²) in [5.41, 5.74) is 2.66. The number of rotatable bonds is 14. The molecule has 1 aromatic carbocycles. The molecule has 0 radical (unpaired) electrons. The van der Waals surface area contributed by atoms with Gasteiger partial charge >= 0.3 is 0 Å². The molecule has 0 heterocycles. The summed E-state index contributed by atoms with van der Waals surface area (Å²) in [6.45, 7) is 3.14. The molecule has 0 bridgehead atoms. The molecule has 3 N–H and O–H groups in total. The molecular weight excluding hydrogens is 284 g/mol. The van der Waals surface area contributed by atoms with Crippen molar-refractivity contribution in [1.29, 1.82) is 0 Å². The van der Waals surface area contributed by atoms with Crippen LogP contribution in [0.1, 0.15) is 84.0 Å². The van der Waals surface area contributed by atoms with Crippen molar-refractivity contribution in [2.45, 2.75) is 84.0 Å². The fourth-order valence-electron chi connectivity index (χ4n) is 2.48. The summed E-state index contributed by atoms with van der Waals surface area (Å²) in [4.78, 5) is 4.29. The van der Waals surface area contributed by atoms with Crippen molar-refractivity contribution in [3.63, 3.8) is 0 Å². The first kappa shape index (κ1) is 22.1. The number of hydroxylamine groups is 1. The van der Waals surface area contributed by atoms with Crippen LogP contribution in [0.2, 0.25) is 0 Å². The van der Waals surface area contributed by atoms with E-state index in [1.54, 1.807) is 0 Å². The Bertz CT molecular complexity index is 252. The van der Waals surface area contributed by atoms with E-state index < -0.39 is 0 Å². The Balaban J connectivity index is 0.000000664. The maximum atomic E-state index is 4.86. The largest absolute Gasteiger partial charge is 0.217 e. The van der Waals surface area contributed by atoms with E-state index in [0.717, 1.165) is 13.0 Å². The third-order valence-electron chi connectivity index (χ3n) is 3.88. The summed E-state index contributed by atoms with van der Waals surface area (Å²) in [5, 5.41) is 0. The average Bonchev–Trinajstić information content (AvgIpc) is 2.61. The maximum absolute atomic E-state index is 4.86. The standard InChI is InChI=1S/C14H32N2O.C6H6/c1-2-3-4-5-6-7-8-9-10-11-12-13-14-16-17-15;1-2-4-6-5-3-1/h16H,2-15H2,1H3;1-6H. The lowest BCUT2D eigenvalue weighted by Gasteiger charge is -2.03. The second-order valence-electron chi connectivity index (χ2n) is 6.06. The molecule has 0 aliphatic rings. The Hall–Kier alpha value is -0.900. The summed E-state index contributed by atoms with van der Waals surface area (Å²) >= 11 is 0. The fraction of sp³-hybridized carbons (Fsp3) is 0.700. The quantitative estimate of drug-likeness (QED) is 0.338. The van der Waals surface area contributed by atoms with Gasteiger partial charge in [-0.2, -0.15) is 11.4 Å². The molecule has 0 atom stereocenters. The van der Waals surface area contributed by atoms with Crippen molar-refractivity contribution in [2.24, 2.45) is 5.90 Å². The van der Waals surface area contributed by atoms with Crippen LogP contribution in [-0.2, 0) is 4.94 Å². The Morgan fingerprint density at radius 1 is 0.609 bits per heavy atom. The lowest BCUT2D eigenvalue weighted by Crippen LogP contribution is -2.19. The van der Waals surface area contributed by atoms with Crippen LogP contribution in [0.15, 0.2) is 36.4 Å². The Morgan fingerprint density at radius 2 is 0.957 bits per heavy atom. The Kier molecular flexibility index (Phi) is 20.3. The zero-order valence-electron chi connectivity index (χ0n) is 15.1. The van der Waals surface area contributed by atoms with Crippen LogP contribution in [0, 0.1) is 0 Å². The SMILES string of the molecule is CCCCCCCCCCCCCCNON.c1ccccc1. The fourth-order valence-corrected chi connectivity index (χ4v) is 2.48. The number of benzene rings is 1. The van der Waals surface area contributed by atoms with Crippen molar-refractivity contribution in [1.82, 2.24) is 5.48 Å². The van der Waals surface area contributed by atoms with Gasteiger partial charge in [0.2, 0.25) is 0 Å². The molecule has 0 amide bonds. The summed E-state index contributed by atoms with van der Waals surface area (Å²) in [6.07, 6.45) is 16.5. The van der Waals surface area contributed by atoms with Gasteiger partial charge in [-0.05, 0) is 6.42 Å². The molecule has 1 rings (SSSR count). The summed E-state index contributed by atoms with van der Waals surface area (Å²) in [5.74, 6) is 4.86. The normalized spacial score (nSPS) is 10.2. The van der Waals surface area contributed by atoms with Gasteiger partial charge in [-0.1, -0.05) is 114 Å². The van der Waals surface area contributed by atoms with Crippen molar-refractivity contribution < 1.29 is 4.94 Å². The summed E-state index contributed by atoms with van der Waals surface area (Å²) in [7, 11) is 0. The predicted octanol–water partition coefficient (Wildman–Crippen LogP) is 5.77. The highest BCUT2D eigenvalue weighted by molar-refractivity contribution is 4.99. The van der Waals surface area contributed by atoms with Crippen molar-refractivity contribution in [3.8, 4) is 0 Å². The van der Waals surface area contributed by atoms with Gasteiger partial charge in [-0.15, -0.1) is 0 Å². The van der Waals surface area contributed by atoms with Crippen LogP contribution in [0.25, 0.3) is 0 Å². The lowest BCUT2D eigenvalue weighted by molar-refractivity contribution is 0.0400. The second kappa shape index (κ2) is 21.1. The van der Waals surface area contributed by atoms with E-state index in [1.807, 2.05) is 36.4 Å². The average molecular weight is 323 g/mol. The van der Waals surface area contributed by atoms with Gasteiger partial charge in [0.25, 0.3) is 0 Å². The smallest absolute Gasteiger partial charge is 0.0228 e. The minimum Gasteiger partial charge on any atom is -0.217 e. The molecule has 0 unspecified atom stereocenters.